The van der Waals surface area contributed by atoms with Crippen LogP contribution in [0.15, 0.2) is 105 Å². The summed E-state index contributed by atoms with van der Waals surface area (Å²) in [7, 11) is 1.51. The van der Waals surface area contributed by atoms with Crippen LogP contribution in [0.1, 0.15) is 22.3 Å². The smallest absolute Gasteiger partial charge is 0.408 e. The van der Waals surface area contributed by atoms with Crippen molar-refractivity contribution < 1.29 is 38.8 Å². The molecule has 0 unspecified atom stereocenters. The minimum Gasteiger partial charge on any atom is -0.508 e. The number of aliphatic hydroxyl groups excluding tert-OH is 1. The van der Waals surface area contributed by atoms with Crippen molar-refractivity contribution in [3.63, 3.8) is 0 Å². The van der Waals surface area contributed by atoms with Crippen LogP contribution in [0, 0.1) is 0 Å². The summed E-state index contributed by atoms with van der Waals surface area (Å²) in [5.74, 6) is -0.555. The third-order valence-electron chi connectivity index (χ3n) is 6.95. The lowest BCUT2D eigenvalue weighted by molar-refractivity contribution is -0.130. The number of methoxy groups -OCH3 is 1. The Morgan fingerprint density at radius 2 is 1.51 bits per heavy atom. The predicted octanol–water partition coefficient (Wildman–Crippen LogP) is 4.97. The number of ether oxygens (including phenoxy) is 3. The van der Waals surface area contributed by atoms with Gasteiger partial charge in [-0.2, -0.15) is 5.10 Å². The number of aliphatic hydroxyl groups is 1. The fourth-order valence-corrected chi connectivity index (χ4v) is 5.23. The SMILES string of the molecule is COc1cc(/C=N\NC(=O)[C@H](Cc2ccc(O)cc2)NC(=O)[C@H](CO)NC(=O)OCc2ccccc2)cc(Br)c1OCc1ccc(Br)cc1. The van der Waals surface area contributed by atoms with E-state index in [9.17, 15) is 24.6 Å². The highest BCUT2D eigenvalue weighted by Crippen LogP contribution is 2.37. The van der Waals surface area contributed by atoms with E-state index in [2.05, 4.69) is 53.0 Å². The van der Waals surface area contributed by atoms with Crippen LogP contribution in [0.4, 0.5) is 4.79 Å². The van der Waals surface area contributed by atoms with Crippen molar-refractivity contribution in [2.24, 2.45) is 5.10 Å². The van der Waals surface area contributed by atoms with Gasteiger partial charge in [0.05, 0.1) is 24.4 Å². The molecule has 4 aromatic rings. The standard InChI is InChI=1S/C35H34Br2N4O8/c1-47-31-17-25(15-28(37)32(31)48-20-24-7-11-26(36)12-8-24)18-38-41-34(45)29(16-22-9-13-27(43)14-10-22)39-33(44)30(19-42)40-35(46)49-21-23-5-3-2-4-6-23/h2-15,17-18,29-30,42-43H,16,19-21H2,1H3,(H,39,44)(H,40,46)(H,41,45)/b38-18-/t29-,30-/m0/s1. The third-order valence-corrected chi connectivity index (χ3v) is 8.07. The quantitative estimate of drug-likeness (QED) is 0.0831. The van der Waals surface area contributed by atoms with Crippen LogP contribution in [0.2, 0.25) is 0 Å². The first-order chi connectivity index (χ1) is 23.6. The van der Waals surface area contributed by atoms with Crippen LogP contribution in [-0.4, -0.2) is 60.1 Å². The van der Waals surface area contributed by atoms with Crippen molar-refractivity contribution in [3.8, 4) is 17.2 Å². The number of nitrogens with zero attached hydrogens (tertiary/aromatic N) is 1. The van der Waals surface area contributed by atoms with Gasteiger partial charge in [0.15, 0.2) is 11.5 Å². The summed E-state index contributed by atoms with van der Waals surface area (Å²) in [6, 6.07) is 23.6. The second-order valence-electron chi connectivity index (χ2n) is 10.6. The Morgan fingerprint density at radius 1 is 0.837 bits per heavy atom. The molecule has 12 nitrogen and oxygen atoms in total. The highest BCUT2D eigenvalue weighted by Gasteiger charge is 2.27. The lowest BCUT2D eigenvalue weighted by atomic mass is 10.0. The fraction of sp³-hybridized carbons (Fsp3) is 0.200. The molecule has 0 bridgehead atoms. The zero-order chi connectivity index (χ0) is 35.2. The van der Waals surface area contributed by atoms with Gasteiger partial charge < -0.3 is 35.1 Å². The minimum absolute atomic E-state index is 0.00769. The van der Waals surface area contributed by atoms with Crippen molar-refractivity contribution in [3.05, 3.63) is 122 Å². The molecule has 0 aliphatic heterocycles. The normalized spacial score (nSPS) is 12.1. The molecule has 0 aromatic heterocycles. The maximum atomic E-state index is 13.3. The molecule has 0 radical (unpaired) electrons. The fourth-order valence-electron chi connectivity index (χ4n) is 4.39. The van der Waals surface area contributed by atoms with Gasteiger partial charge in [0.1, 0.15) is 31.0 Å². The van der Waals surface area contributed by atoms with Gasteiger partial charge in [0, 0.05) is 10.9 Å². The van der Waals surface area contributed by atoms with E-state index >= 15 is 0 Å². The molecular weight excluding hydrogens is 764 g/mol. The maximum absolute atomic E-state index is 13.3. The van der Waals surface area contributed by atoms with Crippen LogP contribution in [-0.2, 0) is 34.0 Å². The minimum atomic E-state index is -1.41. The highest BCUT2D eigenvalue weighted by molar-refractivity contribution is 9.10. The Labute approximate surface area is 299 Å². The molecule has 0 heterocycles. The zero-order valence-corrected chi connectivity index (χ0v) is 29.4. The molecule has 256 valence electrons. The molecule has 0 aliphatic carbocycles. The Morgan fingerprint density at radius 3 is 2.18 bits per heavy atom. The van der Waals surface area contributed by atoms with Crippen molar-refractivity contribution in [2.45, 2.75) is 31.7 Å². The third kappa shape index (κ3) is 11.6. The van der Waals surface area contributed by atoms with E-state index in [1.165, 1.54) is 25.5 Å². The number of halogens is 2. The van der Waals surface area contributed by atoms with Gasteiger partial charge in [-0.1, -0.05) is 70.5 Å². The van der Waals surface area contributed by atoms with E-state index < -0.39 is 36.6 Å². The van der Waals surface area contributed by atoms with E-state index in [0.29, 0.717) is 33.7 Å². The van der Waals surface area contributed by atoms with Gasteiger partial charge in [0.25, 0.3) is 5.91 Å². The summed E-state index contributed by atoms with van der Waals surface area (Å²) in [4.78, 5) is 38.7. The van der Waals surface area contributed by atoms with Gasteiger partial charge in [0.2, 0.25) is 5.91 Å². The monoisotopic (exact) mass is 796 g/mol. The van der Waals surface area contributed by atoms with Gasteiger partial charge in [-0.15, -0.1) is 0 Å². The Kier molecular flexibility index (Phi) is 14.0. The number of rotatable bonds is 15. The summed E-state index contributed by atoms with van der Waals surface area (Å²) < 4.78 is 18.2. The number of phenolic OH excluding ortho intramolecular Hbond substituents is 1. The lowest BCUT2D eigenvalue weighted by Crippen LogP contribution is -2.55. The van der Waals surface area contributed by atoms with Crippen LogP contribution < -0.4 is 25.5 Å². The molecule has 0 spiro atoms. The number of phenols is 1. The first-order valence-corrected chi connectivity index (χ1v) is 16.5. The lowest BCUT2D eigenvalue weighted by Gasteiger charge is -2.21. The molecule has 4 rings (SSSR count). The van der Waals surface area contributed by atoms with Crippen molar-refractivity contribution >= 4 is 56.0 Å². The number of amides is 3. The number of hydrogen-bond donors (Lipinski definition) is 5. The van der Waals surface area contributed by atoms with E-state index in [4.69, 9.17) is 14.2 Å². The van der Waals surface area contributed by atoms with Crippen LogP contribution >= 0.6 is 31.9 Å². The average molecular weight is 798 g/mol. The number of nitrogens with one attached hydrogen (secondary N) is 3. The van der Waals surface area contributed by atoms with Crippen molar-refractivity contribution in [2.75, 3.05) is 13.7 Å². The van der Waals surface area contributed by atoms with Crippen LogP contribution in [0.25, 0.3) is 0 Å². The number of hydrogen-bond acceptors (Lipinski definition) is 9. The first kappa shape index (κ1) is 36.9. The van der Waals surface area contributed by atoms with E-state index in [0.717, 1.165) is 15.6 Å². The Bertz CT molecular complexity index is 1740. The number of carbonyl (C=O) groups excluding carboxylic acids is 3. The Balaban J connectivity index is 1.41. The zero-order valence-electron chi connectivity index (χ0n) is 26.3. The first-order valence-electron chi connectivity index (χ1n) is 14.9. The summed E-state index contributed by atoms with van der Waals surface area (Å²) in [6.07, 6.45) is 0.478. The van der Waals surface area contributed by atoms with E-state index in [1.54, 1.807) is 48.5 Å². The van der Waals surface area contributed by atoms with Crippen LogP contribution in [0.5, 0.6) is 17.2 Å². The largest absolute Gasteiger partial charge is 0.508 e. The molecule has 49 heavy (non-hydrogen) atoms. The average Bonchev–Trinajstić information content (AvgIpc) is 3.10. The van der Waals surface area contributed by atoms with Crippen LogP contribution in [0.3, 0.4) is 0 Å². The molecule has 0 fully saturated rings. The molecule has 14 heteroatoms. The van der Waals surface area contributed by atoms with Gasteiger partial charge in [-0.3, -0.25) is 9.59 Å². The van der Waals surface area contributed by atoms with Crippen molar-refractivity contribution in [1.29, 1.82) is 0 Å². The molecule has 3 amide bonds. The molecule has 4 aromatic carbocycles. The van der Waals surface area contributed by atoms with E-state index in [-0.39, 0.29) is 18.8 Å². The molecular formula is C35H34Br2N4O8. The topological polar surface area (TPSA) is 168 Å². The summed E-state index contributed by atoms with van der Waals surface area (Å²) in [5, 5.41) is 28.5. The number of benzene rings is 4. The van der Waals surface area contributed by atoms with E-state index in [1.807, 2.05) is 30.3 Å². The molecule has 2 atom stereocenters. The predicted molar refractivity (Wildman–Crippen MR) is 189 cm³/mol. The Hall–Kier alpha value is -4.92. The highest BCUT2D eigenvalue weighted by atomic mass is 79.9. The number of alkyl carbamates (subject to hydrolysis) is 1. The van der Waals surface area contributed by atoms with Crippen molar-refractivity contribution in [1.82, 2.24) is 16.1 Å². The number of aromatic hydroxyl groups is 1. The molecule has 0 saturated carbocycles. The molecule has 5 N–H and O–H groups in total. The van der Waals surface area contributed by atoms with Gasteiger partial charge in [-0.05, 0) is 74.6 Å². The summed E-state index contributed by atoms with van der Waals surface area (Å²) in [5.41, 5.74) is 5.31. The maximum Gasteiger partial charge on any atom is 0.408 e. The van der Waals surface area contributed by atoms with Gasteiger partial charge in [-0.25, -0.2) is 10.2 Å². The van der Waals surface area contributed by atoms with Gasteiger partial charge >= 0.3 is 6.09 Å². The number of carbonyl (C=O) groups is 3. The summed E-state index contributed by atoms with van der Waals surface area (Å²) >= 11 is 6.93. The molecule has 0 aliphatic rings. The second-order valence-corrected chi connectivity index (χ2v) is 12.3. The second kappa shape index (κ2) is 18.6. The summed E-state index contributed by atoms with van der Waals surface area (Å²) in [6.45, 7) is -0.487. The molecule has 0 saturated heterocycles. The number of hydrazone groups is 1.